The molecule has 0 saturated heterocycles. The van der Waals surface area contributed by atoms with Crippen molar-refractivity contribution in [3.63, 3.8) is 0 Å². The summed E-state index contributed by atoms with van der Waals surface area (Å²) >= 11 is 0. The molecule has 17 heavy (non-hydrogen) atoms. The van der Waals surface area contributed by atoms with Crippen molar-refractivity contribution in [2.75, 3.05) is 32.6 Å². The summed E-state index contributed by atoms with van der Waals surface area (Å²) in [5, 5.41) is 3.21. The van der Waals surface area contributed by atoms with E-state index in [1.807, 2.05) is 6.07 Å². The number of hydrogen-bond donors (Lipinski definition) is 1. The monoisotopic (exact) mass is 237 g/mol. The van der Waals surface area contributed by atoms with Crippen LogP contribution in [0.4, 0.5) is 5.69 Å². The number of nitrogens with one attached hydrogen (secondary N) is 1. The van der Waals surface area contributed by atoms with Gasteiger partial charge in [0.2, 0.25) is 0 Å². The average molecular weight is 237 g/mol. The van der Waals surface area contributed by atoms with E-state index in [-0.39, 0.29) is 5.54 Å². The van der Waals surface area contributed by atoms with Gasteiger partial charge < -0.3 is 15.0 Å². The summed E-state index contributed by atoms with van der Waals surface area (Å²) in [4.78, 5) is 6.30. The highest BCUT2D eigenvalue weighted by atomic mass is 16.5. The molecular weight excluding hydrogens is 214 g/mol. The van der Waals surface area contributed by atoms with Gasteiger partial charge in [0.1, 0.15) is 12.4 Å². The van der Waals surface area contributed by atoms with Crippen molar-refractivity contribution >= 4 is 5.69 Å². The minimum absolute atomic E-state index is 0.00812. The predicted molar refractivity (Wildman–Crippen MR) is 71.7 cm³/mol. The van der Waals surface area contributed by atoms with Crippen molar-refractivity contribution in [3.8, 4) is 5.75 Å². The maximum absolute atomic E-state index is 5.77. The van der Waals surface area contributed by atoms with Gasteiger partial charge in [-0.2, -0.15) is 0 Å². The molecule has 1 rings (SSSR count). The van der Waals surface area contributed by atoms with Gasteiger partial charge in [0.05, 0.1) is 18.1 Å². The first-order valence-electron chi connectivity index (χ1n) is 5.95. The lowest BCUT2D eigenvalue weighted by molar-refractivity contribution is 0.114. The number of hydrogen-bond acceptors (Lipinski definition) is 4. The van der Waals surface area contributed by atoms with E-state index in [0.717, 1.165) is 18.0 Å². The molecule has 0 aliphatic rings. The van der Waals surface area contributed by atoms with Crippen LogP contribution in [-0.2, 0) is 0 Å². The zero-order valence-corrected chi connectivity index (χ0v) is 11.4. The largest absolute Gasteiger partial charge is 0.490 e. The summed E-state index contributed by atoms with van der Waals surface area (Å²) in [5.74, 6) is 0.804. The van der Waals surface area contributed by atoms with Crippen LogP contribution in [0.25, 0.3) is 0 Å². The second-order valence-corrected chi connectivity index (χ2v) is 4.94. The fraction of sp³-hybridized carbons (Fsp3) is 0.615. The van der Waals surface area contributed by atoms with E-state index in [4.69, 9.17) is 4.74 Å². The van der Waals surface area contributed by atoms with Gasteiger partial charge >= 0.3 is 0 Å². The van der Waals surface area contributed by atoms with Crippen LogP contribution in [0, 0.1) is 0 Å². The van der Waals surface area contributed by atoms with E-state index < -0.39 is 0 Å². The van der Waals surface area contributed by atoms with Crippen molar-refractivity contribution in [1.82, 2.24) is 9.88 Å². The van der Waals surface area contributed by atoms with Crippen LogP contribution < -0.4 is 10.1 Å². The first-order valence-corrected chi connectivity index (χ1v) is 5.95. The normalized spacial score (nSPS) is 11.6. The molecule has 1 aromatic rings. The van der Waals surface area contributed by atoms with Crippen molar-refractivity contribution < 1.29 is 4.74 Å². The summed E-state index contributed by atoms with van der Waals surface area (Å²) in [7, 11) is 4.10. The van der Waals surface area contributed by atoms with Gasteiger partial charge in [0.15, 0.2) is 0 Å². The summed E-state index contributed by atoms with van der Waals surface area (Å²) in [6, 6.07) is 1.97. The lowest BCUT2D eigenvalue weighted by atomic mass is 10.1. The van der Waals surface area contributed by atoms with Crippen molar-refractivity contribution in [1.29, 1.82) is 0 Å². The number of anilines is 1. The Labute approximate surface area is 104 Å². The van der Waals surface area contributed by atoms with Crippen LogP contribution in [0.5, 0.6) is 5.75 Å². The van der Waals surface area contributed by atoms with Gasteiger partial charge in [-0.1, -0.05) is 0 Å². The van der Waals surface area contributed by atoms with E-state index >= 15 is 0 Å². The Balaban J connectivity index is 2.60. The van der Waals surface area contributed by atoms with Crippen molar-refractivity contribution in [2.45, 2.75) is 26.3 Å². The van der Waals surface area contributed by atoms with Gasteiger partial charge in [-0.05, 0) is 34.9 Å². The van der Waals surface area contributed by atoms with Crippen LogP contribution in [-0.4, -0.2) is 42.7 Å². The smallest absolute Gasteiger partial charge is 0.139 e. The molecule has 0 spiro atoms. The standard InChI is InChI=1S/C13H23N3O/c1-6-15-11-7-12(9-14-8-11)17-10-13(2,3)16(4)5/h7-9,15H,6,10H2,1-5H3. The molecule has 96 valence electrons. The number of rotatable bonds is 6. The number of pyridine rings is 1. The fourth-order valence-corrected chi connectivity index (χ4v) is 1.19. The number of ether oxygens (including phenoxy) is 1. The van der Waals surface area contributed by atoms with Gasteiger partial charge in [0, 0.05) is 18.2 Å². The van der Waals surface area contributed by atoms with E-state index in [2.05, 4.69) is 50.1 Å². The molecule has 0 unspecified atom stereocenters. The minimum atomic E-state index is 0.00812. The first-order chi connectivity index (χ1) is 7.95. The number of nitrogens with zero attached hydrogens (tertiary/aromatic N) is 2. The van der Waals surface area contributed by atoms with Crippen molar-refractivity contribution in [2.24, 2.45) is 0 Å². The summed E-state index contributed by atoms with van der Waals surface area (Å²) in [6.45, 7) is 7.87. The van der Waals surface area contributed by atoms with Crippen LogP contribution in [0.3, 0.4) is 0 Å². The van der Waals surface area contributed by atoms with Gasteiger partial charge in [-0.25, -0.2) is 0 Å². The molecule has 0 saturated carbocycles. The van der Waals surface area contributed by atoms with Gasteiger partial charge in [-0.3, -0.25) is 4.98 Å². The van der Waals surface area contributed by atoms with Crippen LogP contribution >= 0.6 is 0 Å². The third-order valence-corrected chi connectivity index (χ3v) is 2.90. The zero-order valence-electron chi connectivity index (χ0n) is 11.4. The first kappa shape index (κ1) is 13.8. The van der Waals surface area contributed by atoms with Crippen LogP contribution in [0.15, 0.2) is 18.5 Å². The summed E-state index contributed by atoms with van der Waals surface area (Å²) in [6.07, 6.45) is 3.54. The molecular formula is C13H23N3O. The molecule has 0 aliphatic carbocycles. The Morgan fingerprint density at radius 1 is 1.35 bits per heavy atom. The molecule has 0 bridgehead atoms. The average Bonchev–Trinajstić information content (AvgIpc) is 2.27. The Morgan fingerprint density at radius 2 is 2.06 bits per heavy atom. The highest BCUT2D eigenvalue weighted by molar-refractivity contribution is 5.44. The Hall–Kier alpha value is -1.29. The van der Waals surface area contributed by atoms with E-state index in [1.165, 1.54) is 0 Å². The maximum Gasteiger partial charge on any atom is 0.139 e. The Bertz CT molecular complexity index is 350. The molecule has 0 radical (unpaired) electrons. The van der Waals surface area contributed by atoms with Gasteiger partial charge in [-0.15, -0.1) is 0 Å². The lowest BCUT2D eigenvalue weighted by Crippen LogP contribution is -2.43. The third-order valence-electron chi connectivity index (χ3n) is 2.90. The lowest BCUT2D eigenvalue weighted by Gasteiger charge is -2.32. The van der Waals surface area contributed by atoms with E-state index in [9.17, 15) is 0 Å². The Kier molecular flexibility index (Phi) is 4.75. The minimum Gasteiger partial charge on any atom is -0.490 e. The van der Waals surface area contributed by atoms with Gasteiger partial charge in [0.25, 0.3) is 0 Å². The maximum atomic E-state index is 5.77. The topological polar surface area (TPSA) is 37.4 Å². The highest BCUT2D eigenvalue weighted by Crippen LogP contribution is 2.18. The number of likely N-dealkylation sites (N-methyl/N-ethyl adjacent to an activating group) is 1. The van der Waals surface area contributed by atoms with Crippen LogP contribution in [0.1, 0.15) is 20.8 Å². The molecule has 0 fully saturated rings. The van der Waals surface area contributed by atoms with E-state index in [1.54, 1.807) is 12.4 Å². The fourth-order valence-electron chi connectivity index (χ4n) is 1.19. The molecule has 1 aromatic heterocycles. The van der Waals surface area contributed by atoms with E-state index in [0.29, 0.717) is 6.61 Å². The molecule has 4 nitrogen and oxygen atoms in total. The van der Waals surface area contributed by atoms with Crippen molar-refractivity contribution in [3.05, 3.63) is 18.5 Å². The summed E-state index contributed by atoms with van der Waals surface area (Å²) in [5.41, 5.74) is 1.00. The summed E-state index contributed by atoms with van der Waals surface area (Å²) < 4.78 is 5.77. The van der Waals surface area contributed by atoms with Crippen LogP contribution in [0.2, 0.25) is 0 Å². The SMILES string of the molecule is CCNc1cncc(OCC(C)(C)N(C)C)c1. The Morgan fingerprint density at radius 3 is 2.65 bits per heavy atom. The molecule has 4 heteroatoms. The molecule has 0 amide bonds. The zero-order chi connectivity index (χ0) is 12.9. The number of aromatic nitrogens is 1. The second kappa shape index (κ2) is 5.87. The molecule has 0 atom stereocenters. The quantitative estimate of drug-likeness (QED) is 0.823. The molecule has 0 aromatic carbocycles. The molecule has 0 aliphatic heterocycles. The molecule has 1 N–H and O–H groups in total. The second-order valence-electron chi connectivity index (χ2n) is 4.94. The highest BCUT2D eigenvalue weighted by Gasteiger charge is 2.21. The third kappa shape index (κ3) is 4.23. The predicted octanol–water partition coefficient (Wildman–Crippen LogP) is 2.23. The molecule has 1 heterocycles.